The highest BCUT2D eigenvalue weighted by Crippen LogP contribution is 2.15. The zero-order valence-corrected chi connectivity index (χ0v) is 13.1. The van der Waals surface area contributed by atoms with E-state index in [0.717, 1.165) is 4.88 Å². The van der Waals surface area contributed by atoms with Crippen molar-refractivity contribution in [3.05, 3.63) is 58.3 Å². The molecule has 2 aromatic rings. The molecule has 0 aliphatic rings. The van der Waals surface area contributed by atoms with Crippen LogP contribution >= 0.6 is 11.3 Å². The molecule has 0 amide bonds. The Kier molecular flexibility index (Phi) is 5.93. The minimum absolute atomic E-state index is 0.157. The molecule has 0 N–H and O–H groups in total. The summed E-state index contributed by atoms with van der Waals surface area (Å²) in [5.41, 5.74) is 0.499. The van der Waals surface area contributed by atoms with Gasteiger partial charge in [0, 0.05) is 12.0 Å². The van der Waals surface area contributed by atoms with Crippen LogP contribution in [0, 0.1) is 17.8 Å². The van der Waals surface area contributed by atoms with Gasteiger partial charge >= 0.3 is 5.97 Å². The second kappa shape index (κ2) is 8.16. The van der Waals surface area contributed by atoms with Gasteiger partial charge < -0.3 is 4.74 Å². The molecule has 0 spiro atoms. The monoisotopic (exact) mass is 312 g/mol. The van der Waals surface area contributed by atoms with Gasteiger partial charge in [0.1, 0.15) is 5.92 Å². The van der Waals surface area contributed by atoms with Crippen LogP contribution in [-0.4, -0.2) is 18.4 Å². The maximum Gasteiger partial charge on any atom is 0.317 e. The number of thiophene rings is 1. The third-order valence-corrected chi connectivity index (χ3v) is 3.77. The quantitative estimate of drug-likeness (QED) is 0.367. The highest BCUT2D eigenvalue weighted by atomic mass is 32.1. The third kappa shape index (κ3) is 4.31. The molecule has 1 unspecified atom stereocenters. The van der Waals surface area contributed by atoms with Gasteiger partial charge in [-0.2, -0.15) is 0 Å². The van der Waals surface area contributed by atoms with Crippen LogP contribution in [-0.2, 0) is 9.53 Å². The van der Waals surface area contributed by atoms with E-state index in [4.69, 9.17) is 4.74 Å². The Bertz CT molecular complexity index is 678. The molecule has 1 aromatic heterocycles. The van der Waals surface area contributed by atoms with Gasteiger partial charge in [0.25, 0.3) is 0 Å². The smallest absolute Gasteiger partial charge is 0.317 e. The molecular formula is C18H16O3S. The number of ketones is 1. The second-order valence-corrected chi connectivity index (χ2v) is 5.47. The van der Waals surface area contributed by atoms with Gasteiger partial charge in [-0.15, -0.1) is 11.3 Å². The highest BCUT2D eigenvalue weighted by molar-refractivity contribution is 7.10. The molecule has 22 heavy (non-hydrogen) atoms. The number of hydrogen-bond acceptors (Lipinski definition) is 4. The van der Waals surface area contributed by atoms with E-state index >= 15 is 0 Å². The first kappa shape index (κ1) is 16.0. The van der Waals surface area contributed by atoms with E-state index in [1.54, 1.807) is 31.2 Å². The van der Waals surface area contributed by atoms with Crippen molar-refractivity contribution in [2.45, 2.75) is 13.3 Å². The minimum Gasteiger partial charge on any atom is -0.465 e. The summed E-state index contributed by atoms with van der Waals surface area (Å²) in [6, 6.07) is 12.6. The summed E-state index contributed by atoms with van der Waals surface area (Å²) in [5.74, 6) is 4.24. The summed E-state index contributed by atoms with van der Waals surface area (Å²) in [7, 11) is 0. The van der Waals surface area contributed by atoms with Crippen LogP contribution in [0.25, 0.3) is 0 Å². The summed E-state index contributed by atoms with van der Waals surface area (Å²) in [6.07, 6.45) is 0.157. The number of esters is 1. The Labute approximate surface area is 133 Å². The molecule has 0 saturated carbocycles. The summed E-state index contributed by atoms with van der Waals surface area (Å²) < 4.78 is 5.01. The number of hydrogen-bond donors (Lipinski definition) is 0. The first-order chi connectivity index (χ1) is 10.7. The SMILES string of the molecule is CCOC(=O)C(CC#Cc1cccs1)C(=O)c1ccccc1. The van der Waals surface area contributed by atoms with Gasteiger partial charge in [0.2, 0.25) is 0 Å². The average molecular weight is 312 g/mol. The molecular weight excluding hydrogens is 296 g/mol. The number of Topliss-reactive ketones (excluding diaryl/α,β-unsaturated/α-hetero) is 1. The summed E-state index contributed by atoms with van der Waals surface area (Å²) in [4.78, 5) is 25.4. The van der Waals surface area contributed by atoms with Crippen LogP contribution in [0.3, 0.4) is 0 Å². The number of carbonyl (C=O) groups excluding carboxylic acids is 2. The molecule has 1 heterocycles. The fourth-order valence-corrected chi connectivity index (χ4v) is 2.51. The predicted octanol–water partition coefficient (Wildman–Crippen LogP) is 3.55. The standard InChI is InChI=1S/C18H16O3S/c1-2-21-18(20)16(12-6-10-15-11-7-13-22-15)17(19)14-8-4-3-5-9-14/h3-5,7-9,11,13,16H,2,12H2,1H3. The lowest BCUT2D eigenvalue weighted by Crippen LogP contribution is -2.26. The fourth-order valence-electron chi connectivity index (χ4n) is 1.92. The molecule has 0 radical (unpaired) electrons. The molecule has 0 aliphatic carbocycles. The lowest BCUT2D eigenvalue weighted by atomic mass is 9.95. The lowest BCUT2D eigenvalue weighted by Gasteiger charge is -2.11. The third-order valence-electron chi connectivity index (χ3n) is 2.98. The van der Waals surface area contributed by atoms with Crippen molar-refractivity contribution in [3.8, 4) is 11.8 Å². The van der Waals surface area contributed by atoms with Crippen molar-refractivity contribution in [2.24, 2.45) is 5.92 Å². The summed E-state index contributed by atoms with van der Waals surface area (Å²) in [6.45, 7) is 1.97. The molecule has 0 aliphatic heterocycles. The van der Waals surface area contributed by atoms with E-state index in [-0.39, 0.29) is 18.8 Å². The average Bonchev–Trinajstić information content (AvgIpc) is 3.05. The normalized spacial score (nSPS) is 11.1. The van der Waals surface area contributed by atoms with Gasteiger partial charge in [-0.1, -0.05) is 48.2 Å². The second-order valence-electron chi connectivity index (χ2n) is 4.52. The maximum atomic E-state index is 12.5. The number of rotatable bonds is 5. The molecule has 1 atom stereocenters. The molecule has 3 nitrogen and oxygen atoms in total. The van der Waals surface area contributed by atoms with E-state index in [2.05, 4.69) is 11.8 Å². The zero-order valence-electron chi connectivity index (χ0n) is 12.2. The van der Waals surface area contributed by atoms with Crippen LogP contribution in [0.2, 0.25) is 0 Å². The van der Waals surface area contributed by atoms with Gasteiger partial charge in [0.15, 0.2) is 5.78 Å². The maximum absolute atomic E-state index is 12.5. The van der Waals surface area contributed by atoms with Crippen molar-refractivity contribution < 1.29 is 14.3 Å². The Morgan fingerprint density at radius 3 is 2.59 bits per heavy atom. The highest BCUT2D eigenvalue weighted by Gasteiger charge is 2.28. The Balaban J connectivity index is 2.16. The lowest BCUT2D eigenvalue weighted by molar-refractivity contribution is -0.146. The number of benzene rings is 1. The summed E-state index contributed by atoms with van der Waals surface area (Å²) in [5, 5.41) is 1.93. The summed E-state index contributed by atoms with van der Waals surface area (Å²) >= 11 is 1.52. The Morgan fingerprint density at radius 1 is 1.18 bits per heavy atom. The van der Waals surface area contributed by atoms with E-state index in [1.807, 2.05) is 23.6 Å². The van der Waals surface area contributed by atoms with Crippen molar-refractivity contribution in [1.29, 1.82) is 0 Å². The van der Waals surface area contributed by atoms with Crippen LogP contribution in [0.5, 0.6) is 0 Å². The van der Waals surface area contributed by atoms with Gasteiger partial charge in [0.05, 0.1) is 11.5 Å². The van der Waals surface area contributed by atoms with Crippen LogP contribution in [0.4, 0.5) is 0 Å². The molecule has 4 heteroatoms. The zero-order chi connectivity index (χ0) is 15.8. The Morgan fingerprint density at radius 2 is 1.95 bits per heavy atom. The van der Waals surface area contributed by atoms with Crippen molar-refractivity contribution in [1.82, 2.24) is 0 Å². The van der Waals surface area contributed by atoms with Crippen molar-refractivity contribution in [3.63, 3.8) is 0 Å². The predicted molar refractivity (Wildman–Crippen MR) is 86.7 cm³/mol. The molecule has 2 rings (SSSR count). The molecule has 0 fully saturated rings. The van der Waals surface area contributed by atoms with E-state index < -0.39 is 11.9 Å². The molecule has 112 valence electrons. The molecule has 0 bridgehead atoms. The first-order valence-electron chi connectivity index (χ1n) is 7.00. The molecule has 0 saturated heterocycles. The first-order valence-corrected chi connectivity index (χ1v) is 7.88. The number of carbonyl (C=O) groups is 2. The fraction of sp³-hybridized carbons (Fsp3) is 0.222. The van der Waals surface area contributed by atoms with E-state index in [9.17, 15) is 9.59 Å². The topological polar surface area (TPSA) is 43.4 Å². The van der Waals surface area contributed by atoms with Crippen molar-refractivity contribution >= 4 is 23.1 Å². The minimum atomic E-state index is -0.880. The largest absolute Gasteiger partial charge is 0.465 e. The van der Waals surface area contributed by atoms with Crippen LogP contribution in [0.15, 0.2) is 47.8 Å². The van der Waals surface area contributed by atoms with E-state index in [1.165, 1.54) is 11.3 Å². The Hall–Kier alpha value is -2.38. The van der Waals surface area contributed by atoms with Gasteiger partial charge in [-0.05, 0) is 18.4 Å². The van der Waals surface area contributed by atoms with Gasteiger partial charge in [-0.3, -0.25) is 9.59 Å². The van der Waals surface area contributed by atoms with Gasteiger partial charge in [-0.25, -0.2) is 0 Å². The molecule has 1 aromatic carbocycles. The number of ether oxygens (including phenoxy) is 1. The van der Waals surface area contributed by atoms with Crippen molar-refractivity contribution in [2.75, 3.05) is 6.61 Å². The van der Waals surface area contributed by atoms with Crippen LogP contribution < -0.4 is 0 Å². The van der Waals surface area contributed by atoms with Crippen LogP contribution in [0.1, 0.15) is 28.6 Å². The van der Waals surface area contributed by atoms with E-state index in [0.29, 0.717) is 5.56 Å².